The van der Waals surface area contributed by atoms with Gasteiger partial charge in [-0.25, -0.2) is 0 Å². The molecule has 0 aromatic carbocycles. The van der Waals surface area contributed by atoms with E-state index in [0.717, 1.165) is 19.5 Å². The maximum atomic E-state index is 11.8. The minimum Gasteiger partial charge on any atom is -0.337 e. The van der Waals surface area contributed by atoms with Gasteiger partial charge in [0.2, 0.25) is 5.91 Å². The Hall–Kier alpha value is -1.42. The van der Waals surface area contributed by atoms with Crippen LogP contribution in [-0.2, 0) is 4.79 Å². The summed E-state index contributed by atoms with van der Waals surface area (Å²) in [6.07, 6.45) is 5.40. The number of fused-ring (bicyclic) bond motifs is 1. The minimum atomic E-state index is 0.276. The van der Waals surface area contributed by atoms with Crippen molar-refractivity contribution in [3.05, 3.63) is 29.6 Å². The van der Waals surface area contributed by atoms with Crippen molar-refractivity contribution in [3.8, 4) is 0 Å². The summed E-state index contributed by atoms with van der Waals surface area (Å²) >= 11 is 0. The minimum absolute atomic E-state index is 0.276. The van der Waals surface area contributed by atoms with E-state index in [1.165, 1.54) is 11.1 Å². The van der Waals surface area contributed by atoms with Crippen molar-refractivity contribution in [1.82, 2.24) is 15.2 Å². The molecule has 1 aromatic rings. The van der Waals surface area contributed by atoms with Gasteiger partial charge in [-0.1, -0.05) is 0 Å². The van der Waals surface area contributed by atoms with E-state index < -0.39 is 0 Å². The van der Waals surface area contributed by atoms with Gasteiger partial charge in [0.25, 0.3) is 0 Å². The summed E-state index contributed by atoms with van der Waals surface area (Å²) in [5.74, 6) is 0.313. The number of carbonyl (C=O) groups is 1. The first-order chi connectivity index (χ1) is 8.27. The van der Waals surface area contributed by atoms with Crippen molar-refractivity contribution in [2.24, 2.45) is 0 Å². The predicted molar refractivity (Wildman–Crippen MR) is 64.5 cm³/mol. The first-order valence-corrected chi connectivity index (χ1v) is 6.21. The van der Waals surface area contributed by atoms with Crippen LogP contribution in [0.15, 0.2) is 18.5 Å². The van der Waals surface area contributed by atoms with Crippen LogP contribution >= 0.6 is 0 Å². The van der Waals surface area contributed by atoms with Gasteiger partial charge in [-0.2, -0.15) is 0 Å². The summed E-state index contributed by atoms with van der Waals surface area (Å²) in [6.45, 7) is 3.82. The second-order valence-corrected chi connectivity index (χ2v) is 4.86. The summed E-state index contributed by atoms with van der Waals surface area (Å²) in [5.41, 5.74) is 2.48. The number of amides is 1. The molecule has 2 saturated heterocycles. The fourth-order valence-electron chi connectivity index (χ4n) is 3.02. The molecule has 90 valence electrons. The Labute approximate surface area is 101 Å². The van der Waals surface area contributed by atoms with Crippen LogP contribution in [0.2, 0.25) is 0 Å². The summed E-state index contributed by atoms with van der Waals surface area (Å²) in [5, 5.41) is 3.55. The lowest BCUT2D eigenvalue weighted by molar-refractivity contribution is -0.130. The molecule has 0 saturated carbocycles. The van der Waals surface area contributed by atoms with Gasteiger partial charge >= 0.3 is 0 Å². The standard InChI is InChI=1S/C13H17N3O/c1-9-8-14-5-4-10(9)13-11-2-3-12(17)16(11)7-6-15-13/h4-5,8,11,13,15H,2-3,6-7H2,1H3/t11-,13-/m0/s1. The van der Waals surface area contributed by atoms with E-state index in [-0.39, 0.29) is 6.04 Å². The number of carbonyl (C=O) groups excluding carboxylic acids is 1. The largest absolute Gasteiger partial charge is 0.337 e. The lowest BCUT2D eigenvalue weighted by Gasteiger charge is -2.38. The number of aromatic nitrogens is 1. The molecule has 2 fully saturated rings. The average Bonchev–Trinajstić information content (AvgIpc) is 2.72. The summed E-state index contributed by atoms with van der Waals surface area (Å²) in [4.78, 5) is 17.9. The van der Waals surface area contributed by atoms with Gasteiger partial charge in [0.05, 0.1) is 12.1 Å². The molecule has 0 bridgehead atoms. The molecule has 1 N–H and O–H groups in total. The molecule has 2 atom stereocenters. The molecule has 3 rings (SSSR count). The third-order valence-corrected chi connectivity index (χ3v) is 3.88. The molecule has 1 aromatic heterocycles. The number of aryl methyl sites for hydroxylation is 1. The Morgan fingerprint density at radius 1 is 1.53 bits per heavy atom. The average molecular weight is 231 g/mol. The van der Waals surface area contributed by atoms with Gasteiger partial charge in [-0.05, 0) is 30.5 Å². The molecule has 2 aliphatic heterocycles. The van der Waals surface area contributed by atoms with E-state index in [0.29, 0.717) is 18.4 Å². The van der Waals surface area contributed by atoms with Gasteiger partial charge in [-0.3, -0.25) is 9.78 Å². The quantitative estimate of drug-likeness (QED) is 0.785. The highest BCUT2D eigenvalue weighted by Gasteiger charge is 2.39. The van der Waals surface area contributed by atoms with Gasteiger partial charge in [0.15, 0.2) is 0 Å². The first-order valence-electron chi connectivity index (χ1n) is 6.21. The molecule has 1 amide bonds. The molecule has 0 radical (unpaired) electrons. The second kappa shape index (κ2) is 4.11. The lowest BCUT2D eigenvalue weighted by atomic mass is 9.93. The summed E-state index contributed by atoms with van der Waals surface area (Å²) in [6, 6.07) is 2.68. The number of hydrogen-bond acceptors (Lipinski definition) is 3. The topological polar surface area (TPSA) is 45.2 Å². The Kier molecular flexibility index (Phi) is 2.59. The molecular formula is C13H17N3O. The van der Waals surface area contributed by atoms with E-state index in [2.05, 4.69) is 23.3 Å². The number of nitrogens with one attached hydrogen (secondary N) is 1. The van der Waals surface area contributed by atoms with Crippen LogP contribution in [0.4, 0.5) is 0 Å². The van der Waals surface area contributed by atoms with E-state index >= 15 is 0 Å². The van der Waals surface area contributed by atoms with Crippen LogP contribution in [0.3, 0.4) is 0 Å². The Bertz CT molecular complexity index is 446. The van der Waals surface area contributed by atoms with E-state index in [1.807, 2.05) is 17.3 Å². The van der Waals surface area contributed by atoms with Gasteiger partial charge in [0.1, 0.15) is 0 Å². The SMILES string of the molecule is Cc1cnccc1[C@@H]1NCCN2C(=O)CC[C@@H]12. The number of piperazine rings is 1. The van der Waals surface area contributed by atoms with Crippen LogP contribution in [0, 0.1) is 6.92 Å². The van der Waals surface area contributed by atoms with Gasteiger partial charge < -0.3 is 10.2 Å². The lowest BCUT2D eigenvalue weighted by Crippen LogP contribution is -2.51. The zero-order valence-electron chi connectivity index (χ0n) is 10.0. The number of hydrogen-bond donors (Lipinski definition) is 1. The van der Waals surface area contributed by atoms with E-state index in [9.17, 15) is 4.79 Å². The zero-order valence-corrected chi connectivity index (χ0v) is 10.0. The molecule has 0 unspecified atom stereocenters. The van der Waals surface area contributed by atoms with Crippen molar-refractivity contribution in [2.45, 2.75) is 31.8 Å². The Morgan fingerprint density at radius 2 is 2.41 bits per heavy atom. The van der Waals surface area contributed by atoms with Crippen molar-refractivity contribution in [2.75, 3.05) is 13.1 Å². The van der Waals surface area contributed by atoms with Crippen LogP contribution in [-0.4, -0.2) is 34.9 Å². The van der Waals surface area contributed by atoms with Gasteiger partial charge in [-0.15, -0.1) is 0 Å². The maximum absolute atomic E-state index is 11.8. The molecule has 0 spiro atoms. The molecule has 3 heterocycles. The Morgan fingerprint density at radius 3 is 3.24 bits per heavy atom. The van der Waals surface area contributed by atoms with Gasteiger partial charge in [0, 0.05) is 31.9 Å². The fourth-order valence-corrected chi connectivity index (χ4v) is 3.02. The van der Waals surface area contributed by atoms with Crippen molar-refractivity contribution >= 4 is 5.91 Å². The fraction of sp³-hybridized carbons (Fsp3) is 0.538. The molecule has 4 heteroatoms. The van der Waals surface area contributed by atoms with Crippen LogP contribution < -0.4 is 5.32 Å². The third-order valence-electron chi connectivity index (χ3n) is 3.88. The van der Waals surface area contributed by atoms with Crippen LogP contribution in [0.1, 0.15) is 30.0 Å². The van der Waals surface area contributed by atoms with Crippen LogP contribution in [0.5, 0.6) is 0 Å². The number of rotatable bonds is 1. The van der Waals surface area contributed by atoms with E-state index in [4.69, 9.17) is 0 Å². The monoisotopic (exact) mass is 231 g/mol. The summed E-state index contributed by atoms with van der Waals surface area (Å²) in [7, 11) is 0. The normalized spacial score (nSPS) is 28.3. The molecular weight excluding hydrogens is 214 g/mol. The summed E-state index contributed by atoms with van der Waals surface area (Å²) < 4.78 is 0. The van der Waals surface area contributed by atoms with Crippen molar-refractivity contribution < 1.29 is 4.79 Å². The maximum Gasteiger partial charge on any atom is 0.223 e. The highest BCUT2D eigenvalue weighted by atomic mass is 16.2. The first kappa shape index (κ1) is 10.7. The second-order valence-electron chi connectivity index (χ2n) is 4.86. The predicted octanol–water partition coefficient (Wildman–Crippen LogP) is 1.03. The zero-order chi connectivity index (χ0) is 11.8. The molecule has 0 aliphatic carbocycles. The van der Waals surface area contributed by atoms with E-state index in [1.54, 1.807) is 0 Å². The smallest absolute Gasteiger partial charge is 0.223 e. The highest BCUT2D eigenvalue weighted by molar-refractivity contribution is 5.79. The molecule has 4 nitrogen and oxygen atoms in total. The van der Waals surface area contributed by atoms with Crippen molar-refractivity contribution in [3.63, 3.8) is 0 Å². The highest BCUT2D eigenvalue weighted by Crippen LogP contribution is 2.33. The molecule has 17 heavy (non-hydrogen) atoms. The number of pyridine rings is 1. The van der Waals surface area contributed by atoms with Crippen LogP contribution in [0.25, 0.3) is 0 Å². The third kappa shape index (κ3) is 1.72. The van der Waals surface area contributed by atoms with Crippen molar-refractivity contribution in [1.29, 1.82) is 0 Å². The molecule has 2 aliphatic rings. The Balaban J connectivity index is 1.93. The number of nitrogens with zero attached hydrogens (tertiary/aromatic N) is 2.